The lowest BCUT2D eigenvalue weighted by molar-refractivity contribution is 0.306. The molecular weight excluding hydrogens is 282 g/mol. The van der Waals surface area contributed by atoms with Gasteiger partial charge in [0.2, 0.25) is 0 Å². The van der Waals surface area contributed by atoms with Crippen LogP contribution in [-0.4, -0.2) is 19.7 Å². The van der Waals surface area contributed by atoms with Gasteiger partial charge in [0, 0.05) is 6.42 Å². The van der Waals surface area contributed by atoms with E-state index in [-0.39, 0.29) is 12.4 Å². The van der Waals surface area contributed by atoms with Crippen molar-refractivity contribution in [1.82, 2.24) is 5.32 Å². The molecule has 0 aromatic heterocycles. The van der Waals surface area contributed by atoms with Crippen molar-refractivity contribution in [3.63, 3.8) is 0 Å². The van der Waals surface area contributed by atoms with Crippen molar-refractivity contribution in [2.75, 3.05) is 19.7 Å². The molecule has 0 fully saturated rings. The molecule has 0 bridgehead atoms. The zero-order valence-electron chi connectivity index (χ0n) is 12.5. The van der Waals surface area contributed by atoms with E-state index in [1.54, 1.807) is 0 Å². The summed E-state index contributed by atoms with van der Waals surface area (Å²) >= 11 is 0. The smallest absolute Gasteiger partial charge is 0.122 e. The Hall–Kier alpha value is -1.51. The largest absolute Gasteiger partial charge is 0.493 e. The fourth-order valence-electron chi connectivity index (χ4n) is 2.16. The highest BCUT2D eigenvalue weighted by Crippen LogP contribution is 2.21. The molecule has 0 saturated carbocycles. The molecule has 0 saturated heterocycles. The predicted octanol–water partition coefficient (Wildman–Crippen LogP) is 4.08. The first kappa shape index (κ1) is 17.5. The summed E-state index contributed by atoms with van der Waals surface area (Å²) in [4.78, 5) is 0. The first-order valence-corrected chi connectivity index (χ1v) is 7.35. The summed E-state index contributed by atoms with van der Waals surface area (Å²) in [5.41, 5.74) is 2.57. The Morgan fingerprint density at radius 2 is 1.67 bits per heavy atom. The number of hydrogen-bond acceptors (Lipinski definition) is 2. The summed E-state index contributed by atoms with van der Waals surface area (Å²) < 4.78 is 5.92. The first-order valence-electron chi connectivity index (χ1n) is 7.35. The zero-order chi connectivity index (χ0) is 14.0. The van der Waals surface area contributed by atoms with Gasteiger partial charge < -0.3 is 10.1 Å². The number of benzene rings is 2. The predicted molar refractivity (Wildman–Crippen MR) is 91.6 cm³/mol. The van der Waals surface area contributed by atoms with Gasteiger partial charge in [-0.1, -0.05) is 55.5 Å². The maximum Gasteiger partial charge on any atom is 0.122 e. The molecule has 2 rings (SSSR count). The molecule has 2 nitrogen and oxygen atoms in total. The molecule has 0 amide bonds. The van der Waals surface area contributed by atoms with Crippen LogP contribution in [0.3, 0.4) is 0 Å². The van der Waals surface area contributed by atoms with Crippen LogP contribution < -0.4 is 10.1 Å². The van der Waals surface area contributed by atoms with E-state index in [4.69, 9.17) is 4.74 Å². The highest BCUT2D eigenvalue weighted by Gasteiger charge is 2.03. The lowest BCUT2D eigenvalue weighted by atomic mass is 10.0. The van der Waals surface area contributed by atoms with Gasteiger partial charge in [0.05, 0.1) is 6.61 Å². The summed E-state index contributed by atoms with van der Waals surface area (Å²) in [7, 11) is 0. The maximum atomic E-state index is 5.92. The number of para-hydroxylation sites is 1. The van der Waals surface area contributed by atoms with E-state index in [0.29, 0.717) is 0 Å². The van der Waals surface area contributed by atoms with Crippen LogP contribution in [-0.2, 0) is 6.42 Å². The van der Waals surface area contributed by atoms with Gasteiger partial charge in [-0.15, -0.1) is 12.4 Å². The molecule has 0 atom stereocenters. The minimum absolute atomic E-state index is 0. The van der Waals surface area contributed by atoms with Gasteiger partial charge in [-0.25, -0.2) is 0 Å². The zero-order valence-corrected chi connectivity index (χ0v) is 13.4. The Kier molecular flexibility index (Phi) is 8.56. The minimum atomic E-state index is 0. The standard InChI is InChI=1S/C18H23NO.ClH/c1-2-19-13-8-14-20-18-12-7-6-11-17(18)15-16-9-4-3-5-10-16;/h3-7,9-12,19H,2,8,13-15H2,1H3;1H. The number of hydrogen-bond donors (Lipinski definition) is 1. The van der Waals surface area contributed by atoms with Crippen LogP contribution in [0.25, 0.3) is 0 Å². The number of halogens is 1. The Morgan fingerprint density at radius 3 is 2.43 bits per heavy atom. The Labute approximate surface area is 133 Å². The van der Waals surface area contributed by atoms with Gasteiger partial charge in [-0.2, -0.15) is 0 Å². The van der Waals surface area contributed by atoms with Crippen molar-refractivity contribution in [2.45, 2.75) is 19.8 Å². The van der Waals surface area contributed by atoms with Crippen LogP contribution in [0.4, 0.5) is 0 Å². The highest BCUT2D eigenvalue weighted by atomic mass is 35.5. The number of ether oxygens (including phenoxy) is 1. The average Bonchev–Trinajstić information content (AvgIpc) is 2.50. The SMILES string of the molecule is CCNCCCOc1ccccc1Cc1ccccc1.Cl. The molecule has 0 radical (unpaired) electrons. The van der Waals surface area contributed by atoms with Crippen LogP contribution in [0.15, 0.2) is 54.6 Å². The summed E-state index contributed by atoms with van der Waals surface area (Å²) in [6.45, 7) is 4.91. The van der Waals surface area contributed by atoms with Crippen molar-refractivity contribution in [1.29, 1.82) is 0 Å². The minimum Gasteiger partial charge on any atom is -0.493 e. The van der Waals surface area contributed by atoms with Gasteiger partial charge in [0.1, 0.15) is 5.75 Å². The summed E-state index contributed by atoms with van der Waals surface area (Å²) in [5.74, 6) is 1.01. The molecule has 114 valence electrons. The Morgan fingerprint density at radius 1 is 0.952 bits per heavy atom. The monoisotopic (exact) mass is 305 g/mol. The summed E-state index contributed by atoms with van der Waals surface area (Å²) in [6, 6.07) is 18.8. The van der Waals surface area contributed by atoms with Gasteiger partial charge >= 0.3 is 0 Å². The topological polar surface area (TPSA) is 21.3 Å². The number of rotatable bonds is 8. The van der Waals surface area contributed by atoms with Gasteiger partial charge in [0.25, 0.3) is 0 Å². The first-order chi connectivity index (χ1) is 9.90. The molecular formula is C18H24ClNO. The quantitative estimate of drug-likeness (QED) is 0.742. The molecule has 0 heterocycles. The average molecular weight is 306 g/mol. The molecule has 2 aromatic rings. The molecule has 0 aliphatic carbocycles. The molecule has 0 aliphatic heterocycles. The van der Waals surface area contributed by atoms with E-state index < -0.39 is 0 Å². The third-order valence-corrected chi connectivity index (χ3v) is 3.22. The van der Waals surface area contributed by atoms with Crippen LogP contribution in [0, 0.1) is 0 Å². The second-order valence-electron chi connectivity index (χ2n) is 4.83. The van der Waals surface area contributed by atoms with E-state index in [2.05, 4.69) is 54.7 Å². The van der Waals surface area contributed by atoms with Crippen LogP contribution in [0.2, 0.25) is 0 Å². The van der Waals surface area contributed by atoms with Crippen molar-refractivity contribution >= 4 is 12.4 Å². The van der Waals surface area contributed by atoms with Crippen LogP contribution >= 0.6 is 12.4 Å². The molecule has 21 heavy (non-hydrogen) atoms. The molecule has 0 aliphatic rings. The van der Waals surface area contributed by atoms with E-state index >= 15 is 0 Å². The third-order valence-electron chi connectivity index (χ3n) is 3.22. The normalized spacial score (nSPS) is 9.95. The van der Waals surface area contributed by atoms with Crippen molar-refractivity contribution in [3.05, 3.63) is 65.7 Å². The Bertz CT molecular complexity index is 502. The second kappa shape index (κ2) is 10.3. The fourth-order valence-corrected chi connectivity index (χ4v) is 2.16. The van der Waals surface area contributed by atoms with Gasteiger partial charge in [-0.3, -0.25) is 0 Å². The van der Waals surface area contributed by atoms with Crippen LogP contribution in [0.1, 0.15) is 24.5 Å². The van der Waals surface area contributed by atoms with E-state index in [1.807, 2.05) is 12.1 Å². The molecule has 1 N–H and O–H groups in total. The van der Waals surface area contributed by atoms with Crippen LogP contribution in [0.5, 0.6) is 5.75 Å². The molecule has 0 unspecified atom stereocenters. The maximum absolute atomic E-state index is 5.92. The fraction of sp³-hybridized carbons (Fsp3) is 0.333. The van der Waals surface area contributed by atoms with Crippen molar-refractivity contribution in [3.8, 4) is 5.75 Å². The number of nitrogens with one attached hydrogen (secondary N) is 1. The van der Waals surface area contributed by atoms with Gasteiger partial charge in [-0.05, 0) is 36.7 Å². The summed E-state index contributed by atoms with van der Waals surface area (Å²) in [6.07, 6.45) is 1.96. The lowest BCUT2D eigenvalue weighted by Gasteiger charge is -2.11. The molecule has 2 aromatic carbocycles. The summed E-state index contributed by atoms with van der Waals surface area (Å²) in [5, 5.41) is 3.31. The lowest BCUT2D eigenvalue weighted by Crippen LogP contribution is -2.16. The van der Waals surface area contributed by atoms with Crippen molar-refractivity contribution in [2.24, 2.45) is 0 Å². The second-order valence-corrected chi connectivity index (χ2v) is 4.83. The molecule has 3 heteroatoms. The van der Waals surface area contributed by atoms with E-state index in [0.717, 1.165) is 38.3 Å². The third kappa shape index (κ3) is 6.19. The van der Waals surface area contributed by atoms with Gasteiger partial charge in [0.15, 0.2) is 0 Å². The van der Waals surface area contributed by atoms with Crippen molar-refractivity contribution < 1.29 is 4.74 Å². The molecule has 0 spiro atoms. The van der Waals surface area contributed by atoms with E-state index in [1.165, 1.54) is 11.1 Å². The van der Waals surface area contributed by atoms with E-state index in [9.17, 15) is 0 Å². The highest BCUT2D eigenvalue weighted by molar-refractivity contribution is 5.85. The Balaban J connectivity index is 0.00000220.